The first kappa shape index (κ1) is 12.3. The Bertz CT molecular complexity index is 741. The Labute approximate surface area is 115 Å². The molecule has 0 saturated carbocycles. The highest BCUT2D eigenvalue weighted by Gasteiger charge is 2.29. The number of aromatic nitrogens is 2. The predicted octanol–water partition coefficient (Wildman–Crippen LogP) is 2.90. The van der Waals surface area contributed by atoms with Gasteiger partial charge in [0, 0.05) is 12.5 Å². The lowest BCUT2D eigenvalue weighted by Gasteiger charge is -2.00. The maximum Gasteiger partial charge on any atom is 0.367 e. The van der Waals surface area contributed by atoms with Crippen LogP contribution in [0.2, 0.25) is 0 Å². The van der Waals surface area contributed by atoms with Crippen molar-refractivity contribution in [1.29, 1.82) is 0 Å². The summed E-state index contributed by atoms with van der Waals surface area (Å²) in [7, 11) is 0. The number of hydrogen-bond donors (Lipinski definition) is 1. The average molecular weight is 270 g/mol. The topological polar surface area (TPSA) is 65.2 Å². The van der Waals surface area contributed by atoms with Gasteiger partial charge < -0.3 is 14.8 Å². The summed E-state index contributed by atoms with van der Waals surface area (Å²) in [5.41, 5.74) is 2.77. The lowest BCUT2D eigenvalue weighted by Crippen LogP contribution is -2.30. The highest BCUT2D eigenvalue weighted by molar-refractivity contribution is 5.64. The van der Waals surface area contributed by atoms with E-state index in [4.69, 9.17) is 4.42 Å². The van der Waals surface area contributed by atoms with Crippen LogP contribution in [-0.4, -0.2) is 9.94 Å². The van der Waals surface area contributed by atoms with E-state index in [1.54, 1.807) is 19.1 Å². The summed E-state index contributed by atoms with van der Waals surface area (Å²) in [5, 5.41) is 22.5. The molecule has 1 aromatic carbocycles. The second kappa shape index (κ2) is 4.45. The van der Waals surface area contributed by atoms with Crippen molar-refractivity contribution in [3.63, 3.8) is 0 Å². The van der Waals surface area contributed by atoms with Crippen molar-refractivity contribution < 1.29 is 14.4 Å². The Morgan fingerprint density at radius 3 is 2.45 bits per heavy atom. The summed E-state index contributed by atoms with van der Waals surface area (Å²) in [6.45, 7) is 3.65. The summed E-state index contributed by atoms with van der Waals surface area (Å²) in [6.07, 6.45) is 1.46. The first-order valence-corrected chi connectivity index (χ1v) is 6.24. The van der Waals surface area contributed by atoms with Gasteiger partial charge in [0.2, 0.25) is 11.5 Å². The van der Waals surface area contributed by atoms with Crippen LogP contribution in [-0.2, 0) is 0 Å². The molecule has 5 nitrogen and oxygen atoms in total. The molecule has 0 radical (unpaired) electrons. The van der Waals surface area contributed by atoms with E-state index in [-0.39, 0.29) is 5.82 Å². The van der Waals surface area contributed by atoms with Crippen LogP contribution in [0.25, 0.3) is 22.8 Å². The molecule has 0 bridgehead atoms. The summed E-state index contributed by atoms with van der Waals surface area (Å²) >= 11 is 0. The maximum absolute atomic E-state index is 12.2. The number of aryl methyl sites for hydroxylation is 1. The van der Waals surface area contributed by atoms with E-state index in [1.165, 1.54) is 6.26 Å². The van der Waals surface area contributed by atoms with E-state index in [1.807, 2.05) is 31.2 Å². The van der Waals surface area contributed by atoms with Crippen LogP contribution in [0.5, 0.6) is 0 Å². The standard InChI is InChI=1S/C15H14N2O3/c1-10-5-7-12(8-6-10)14-11(2)16(18)15(17(14)19)13-4-3-9-20-13/h3-9,19H,1-2H3. The third-order valence-electron chi connectivity index (χ3n) is 3.32. The Balaban J connectivity index is 2.23. The van der Waals surface area contributed by atoms with E-state index >= 15 is 0 Å². The van der Waals surface area contributed by atoms with Gasteiger partial charge in [-0.3, -0.25) is 0 Å². The normalized spacial score (nSPS) is 10.9. The zero-order valence-corrected chi connectivity index (χ0v) is 11.2. The van der Waals surface area contributed by atoms with Gasteiger partial charge in [0.25, 0.3) is 0 Å². The fourth-order valence-electron chi connectivity index (χ4n) is 2.25. The summed E-state index contributed by atoms with van der Waals surface area (Å²) < 4.78 is 6.76. The number of hydrogen-bond acceptors (Lipinski definition) is 3. The minimum absolute atomic E-state index is 0.0723. The van der Waals surface area contributed by atoms with Crippen LogP contribution in [0, 0.1) is 19.1 Å². The van der Waals surface area contributed by atoms with Gasteiger partial charge in [-0.25, -0.2) is 4.73 Å². The molecule has 0 saturated heterocycles. The fourth-order valence-corrected chi connectivity index (χ4v) is 2.25. The Kier molecular flexibility index (Phi) is 2.75. The predicted molar refractivity (Wildman–Crippen MR) is 73.2 cm³/mol. The third kappa shape index (κ3) is 1.75. The van der Waals surface area contributed by atoms with Crippen molar-refractivity contribution in [3.05, 3.63) is 59.1 Å². The SMILES string of the molecule is Cc1ccc(-c2c(C)[n+]([O-])c(-c3ccco3)n2O)cc1. The molecule has 0 unspecified atom stereocenters. The number of imidazole rings is 1. The largest absolute Gasteiger partial charge is 0.710 e. The maximum atomic E-state index is 12.2. The average Bonchev–Trinajstić information content (AvgIpc) is 3.01. The van der Waals surface area contributed by atoms with Gasteiger partial charge in [0.05, 0.1) is 6.26 Å². The van der Waals surface area contributed by atoms with Crippen molar-refractivity contribution in [2.24, 2.45) is 0 Å². The van der Waals surface area contributed by atoms with Gasteiger partial charge in [0.1, 0.15) is 0 Å². The minimum atomic E-state index is 0.0723. The quantitative estimate of drug-likeness (QED) is 0.442. The molecule has 0 spiro atoms. The molecule has 102 valence electrons. The van der Waals surface area contributed by atoms with Gasteiger partial charge in [-0.05, 0) is 23.8 Å². The van der Waals surface area contributed by atoms with Crippen molar-refractivity contribution in [2.75, 3.05) is 0 Å². The molecule has 0 aliphatic rings. The molecule has 0 atom stereocenters. The van der Waals surface area contributed by atoms with Gasteiger partial charge in [0.15, 0.2) is 5.69 Å². The molecule has 0 fully saturated rings. The number of rotatable bonds is 2. The molecule has 0 aliphatic heterocycles. The number of furan rings is 1. The molecular formula is C15H14N2O3. The zero-order valence-electron chi connectivity index (χ0n) is 11.2. The first-order valence-electron chi connectivity index (χ1n) is 6.24. The molecular weight excluding hydrogens is 256 g/mol. The third-order valence-corrected chi connectivity index (χ3v) is 3.32. The highest BCUT2D eigenvalue weighted by atomic mass is 16.5. The zero-order chi connectivity index (χ0) is 14.3. The van der Waals surface area contributed by atoms with Crippen LogP contribution in [0.1, 0.15) is 11.3 Å². The Morgan fingerprint density at radius 1 is 1.15 bits per heavy atom. The van der Waals surface area contributed by atoms with E-state index in [2.05, 4.69) is 0 Å². The molecule has 0 aliphatic carbocycles. The van der Waals surface area contributed by atoms with Gasteiger partial charge >= 0.3 is 5.82 Å². The second-order valence-electron chi connectivity index (χ2n) is 4.71. The molecule has 20 heavy (non-hydrogen) atoms. The van der Waals surface area contributed by atoms with Crippen LogP contribution in [0.3, 0.4) is 0 Å². The highest BCUT2D eigenvalue weighted by Crippen LogP contribution is 2.27. The smallest absolute Gasteiger partial charge is 0.367 e. The summed E-state index contributed by atoms with van der Waals surface area (Å²) in [6, 6.07) is 10.9. The van der Waals surface area contributed by atoms with Crippen molar-refractivity contribution >= 4 is 0 Å². The van der Waals surface area contributed by atoms with Crippen molar-refractivity contribution in [2.45, 2.75) is 13.8 Å². The number of nitrogens with zero attached hydrogens (tertiary/aromatic N) is 2. The minimum Gasteiger partial charge on any atom is -0.710 e. The molecule has 2 aromatic heterocycles. The summed E-state index contributed by atoms with van der Waals surface area (Å²) in [5.74, 6) is 0.395. The van der Waals surface area contributed by atoms with E-state index < -0.39 is 0 Å². The van der Waals surface area contributed by atoms with Crippen LogP contribution in [0.15, 0.2) is 47.1 Å². The first-order chi connectivity index (χ1) is 9.59. The molecule has 1 N–H and O–H groups in total. The lowest BCUT2D eigenvalue weighted by molar-refractivity contribution is -0.601. The number of benzene rings is 1. The van der Waals surface area contributed by atoms with Gasteiger partial charge in [-0.15, -0.1) is 0 Å². The van der Waals surface area contributed by atoms with Crippen LogP contribution >= 0.6 is 0 Å². The summed E-state index contributed by atoms with van der Waals surface area (Å²) in [4.78, 5) is 0. The Morgan fingerprint density at radius 2 is 1.85 bits per heavy atom. The van der Waals surface area contributed by atoms with E-state index in [0.29, 0.717) is 21.9 Å². The molecule has 2 heterocycles. The van der Waals surface area contributed by atoms with Gasteiger partial charge in [-0.1, -0.05) is 29.8 Å². The molecule has 5 heteroatoms. The van der Waals surface area contributed by atoms with Crippen LogP contribution < -0.4 is 4.73 Å². The lowest BCUT2D eigenvalue weighted by atomic mass is 10.1. The van der Waals surface area contributed by atoms with Crippen molar-refractivity contribution in [3.8, 4) is 22.8 Å². The molecule has 3 rings (SSSR count). The molecule has 3 aromatic rings. The van der Waals surface area contributed by atoms with E-state index in [9.17, 15) is 10.4 Å². The van der Waals surface area contributed by atoms with E-state index in [0.717, 1.165) is 15.9 Å². The van der Waals surface area contributed by atoms with Crippen LogP contribution in [0.4, 0.5) is 0 Å². The second-order valence-corrected chi connectivity index (χ2v) is 4.71. The monoisotopic (exact) mass is 270 g/mol. The fraction of sp³-hybridized carbons (Fsp3) is 0.133. The molecule has 0 amide bonds. The Hall–Kier alpha value is -2.69. The van der Waals surface area contributed by atoms with Gasteiger partial charge in [-0.2, -0.15) is 0 Å². The van der Waals surface area contributed by atoms with Crippen molar-refractivity contribution in [1.82, 2.24) is 4.73 Å².